The average Bonchev–Trinajstić information content (AvgIpc) is 3.22. The number of aliphatic hydroxyl groups excluding tert-OH is 1. The smallest absolute Gasteiger partial charge is 0.320 e. The predicted molar refractivity (Wildman–Crippen MR) is 137 cm³/mol. The Morgan fingerprint density at radius 2 is 1.75 bits per heavy atom. The number of hydrogen-bond donors (Lipinski definition) is 1. The maximum absolute atomic E-state index is 13.0. The van der Waals surface area contributed by atoms with Gasteiger partial charge in [-0.2, -0.15) is 0 Å². The number of β-amino-alcohol motifs (C(OH)–C–C–N with tert-alkyl or cyclic N) is 1. The molecule has 1 N–H and O–H groups in total. The van der Waals surface area contributed by atoms with Gasteiger partial charge < -0.3 is 19.8 Å². The fraction of sp³-hybridized carbons (Fsp3) is 0.536. The molecule has 0 bridgehead atoms. The number of hydrogen-bond acceptors (Lipinski definition) is 5. The topological polar surface area (TPSA) is 80.2 Å². The molecule has 0 spiro atoms. The SMILES string of the molecule is CC(=O)N1CCC(c2ccc(CN3CCN(CC(O)CN4CCc5ccccc5C4)C3=O)cn2)CC1. The molecule has 1 atom stereocenters. The predicted octanol–water partition coefficient (Wildman–Crippen LogP) is 2.46. The van der Waals surface area contributed by atoms with E-state index in [0.717, 1.165) is 56.7 Å². The Bertz CT molecular complexity index is 1070. The van der Waals surface area contributed by atoms with Crippen LogP contribution in [-0.4, -0.2) is 93.5 Å². The summed E-state index contributed by atoms with van der Waals surface area (Å²) in [4.78, 5) is 37.0. The zero-order valence-electron chi connectivity index (χ0n) is 21.2. The molecule has 3 amide bonds. The molecule has 8 nitrogen and oxygen atoms in total. The monoisotopic (exact) mass is 491 g/mol. The van der Waals surface area contributed by atoms with Gasteiger partial charge in [-0.1, -0.05) is 30.3 Å². The Hall–Kier alpha value is -2.97. The van der Waals surface area contributed by atoms with Crippen LogP contribution >= 0.6 is 0 Å². The van der Waals surface area contributed by atoms with Crippen LogP contribution in [0.2, 0.25) is 0 Å². The van der Waals surface area contributed by atoms with Crippen LogP contribution in [0, 0.1) is 0 Å². The highest BCUT2D eigenvalue weighted by atomic mass is 16.3. The second kappa shape index (κ2) is 11.0. The van der Waals surface area contributed by atoms with E-state index in [1.807, 2.05) is 16.0 Å². The van der Waals surface area contributed by atoms with Crippen molar-refractivity contribution in [3.63, 3.8) is 0 Å². The molecule has 4 heterocycles. The molecule has 1 aromatic carbocycles. The van der Waals surface area contributed by atoms with E-state index in [2.05, 4.69) is 46.3 Å². The van der Waals surface area contributed by atoms with Crippen LogP contribution in [-0.2, 0) is 24.3 Å². The van der Waals surface area contributed by atoms with Gasteiger partial charge in [-0.3, -0.25) is 14.7 Å². The summed E-state index contributed by atoms with van der Waals surface area (Å²) in [6.07, 6.45) is 4.21. The zero-order valence-corrected chi connectivity index (χ0v) is 21.2. The van der Waals surface area contributed by atoms with Gasteiger partial charge in [0.1, 0.15) is 0 Å². The zero-order chi connectivity index (χ0) is 25.1. The third-order valence-electron chi connectivity index (χ3n) is 7.87. The first kappa shape index (κ1) is 24.7. The van der Waals surface area contributed by atoms with E-state index in [9.17, 15) is 14.7 Å². The number of pyridine rings is 1. The number of carbonyl (C=O) groups excluding carboxylic acids is 2. The molecule has 1 aromatic heterocycles. The van der Waals surface area contributed by atoms with Gasteiger partial charge in [0.15, 0.2) is 0 Å². The third kappa shape index (κ3) is 5.71. The first-order valence-electron chi connectivity index (χ1n) is 13.2. The van der Waals surface area contributed by atoms with Gasteiger partial charge in [0, 0.05) is 83.6 Å². The molecular weight excluding hydrogens is 454 g/mol. The van der Waals surface area contributed by atoms with Crippen molar-refractivity contribution in [2.75, 3.05) is 45.8 Å². The fourth-order valence-corrected chi connectivity index (χ4v) is 5.75. The van der Waals surface area contributed by atoms with Crippen LogP contribution in [0.25, 0.3) is 0 Å². The van der Waals surface area contributed by atoms with Gasteiger partial charge in [-0.25, -0.2) is 4.79 Å². The Balaban J connectivity index is 1.08. The largest absolute Gasteiger partial charge is 0.390 e. The third-order valence-corrected chi connectivity index (χ3v) is 7.87. The van der Waals surface area contributed by atoms with Crippen molar-refractivity contribution in [1.82, 2.24) is 24.6 Å². The van der Waals surface area contributed by atoms with E-state index < -0.39 is 6.10 Å². The molecule has 5 rings (SSSR count). The molecule has 36 heavy (non-hydrogen) atoms. The van der Waals surface area contributed by atoms with Crippen LogP contribution in [0.5, 0.6) is 0 Å². The molecule has 192 valence electrons. The minimum atomic E-state index is -0.561. The van der Waals surface area contributed by atoms with Crippen molar-refractivity contribution >= 4 is 11.9 Å². The van der Waals surface area contributed by atoms with Crippen molar-refractivity contribution < 1.29 is 14.7 Å². The first-order valence-corrected chi connectivity index (χ1v) is 13.2. The number of aromatic nitrogens is 1. The highest BCUT2D eigenvalue weighted by Gasteiger charge is 2.31. The average molecular weight is 492 g/mol. The van der Waals surface area contributed by atoms with Crippen LogP contribution in [0.1, 0.15) is 48.1 Å². The number of nitrogens with zero attached hydrogens (tertiary/aromatic N) is 5. The highest BCUT2D eigenvalue weighted by molar-refractivity contribution is 5.76. The van der Waals surface area contributed by atoms with Crippen molar-refractivity contribution in [2.24, 2.45) is 0 Å². The first-order chi connectivity index (χ1) is 17.5. The molecular formula is C28H37N5O3. The fourth-order valence-electron chi connectivity index (χ4n) is 5.75. The normalized spacial score (nSPS) is 20.1. The summed E-state index contributed by atoms with van der Waals surface area (Å²) in [5, 5.41) is 10.7. The molecule has 0 radical (unpaired) electrons. The summed E-state index contributed by atoms with van der Waals surface area (Å²) in [5.74, 6) is 0.527. The summed E-state index contributed by atoms with van der Waals surface area (Å²) in [6.45, 7) is 7.77. The Labute approximate surface area is 213 Å². The van der Waals surface area contributed by atoms with E-state index in [1.165, 1.54) is 11.1 Å². The highest BCUT2D eigenvalue weighted by Crippen LogP contribution is 2.27. The van der Waals surface area contributed by atoms with Gasteiger partial charge >= 0.3 is 6.03 Å². The van der Waals surface area contributed by atoms with Crippen molar-refractivity contribution in [2.45, 2.75) is 51.3 Å². The lowest BCUT2D eigenvalue weighted by molar-refractivity contribution is -0.129. The molecule has 1 unspecified atom stereocenters. The number of piperidine rings is 1. The van der Waals surface area contributed by atoms with Gasteiger partial charge in [-0.15, -0.1) is 0 Å². The molecule has 3 aliphatic rings. The second-order valence-corrected chi connectivity index (χ2v) is 10.4. The molecule has 8 heteroatoms. The quantitative estimate of drug-likeness (QED) is 0.644. The lowest BCUT2D eigenvalue weighted by Crippen LogP contribution is -2.43. The molecule has 0 saturated carbocycles. The Kier molecular flexibility index (Phi) is 7.53. The van der Waals surface area contributed by atoms with E-state index in [1.54, 1.807) is 11.8 Å². The number of benzene rings is 1. The second-order valence-electron chi connectivity index (χ2n) is 10.4. The molecule has 2 saturated heterocycles. The molecule has 2 aromatic rings. The van der Waals surface area contributed by atoms with Gasteiger partial charge in [0.25, 0.3) is 0 Å². The maximum Gasteiger partial charge on any atom is 0.320 e. The van der Waals surface area contributed by atoms with E-state index >= 15 is 0 Å². The lowest BCUT2D eigenvalue weighted by Gasteiger charge is -2.31. The van der Waals surface area contributed by atoms with Crippen molar-refractivity contribution in [1.29, 1.82) is 0 Å². The number of amides is 3. The number of urea groups is 1. The van der Waals surface area contributed by atoms with Gasteiger partial charge in [0.2, 0.25) is 5.91 Å². The molecule has 0 aliphatic carbocycles. The summed E-state index contributed by atoms with van der Waals surface area (Å²) >= 11 is 0. The van der Waals surface area contributed by atoms with Crippen LogP contribution in [0.15, 0.2) is 42.6 Å². The van der Waals surface area contributed by atoms with Crippen molar-refractivity contribution in [3.05, 3.63) is 65.0 Å². The van der Waals surface area contributed by atoms with Crippen LogP contribution in [0.4, 0.5) is 4.79 Å². The summed E-state index contributed by atoms with van der Waals surface area (Å²) in [7, 11) is 0. The van der Waals surface area contributed by atoms with E-state index in [0.29, 0.717) is 38.6 Å². The van der Waals surface area contributed by atoms with Gasteiger partial charge in [0.05, 0.1) is 6.10 Å². The van der Waals surface area contributed by atoms with E-state index in [-0.39, 0.29) is 11.9 Å². The number of aliphatic hydroxyl groups is 1. The van der Waals surface area contributed by atoms with Gasteiger partial charge in [-0.05, 0) is 42.0 Å². The number of rotatable bonds is 7. The number of fused-ring (bicyclic) bond motifs is 1. The summed E-state index contributed by atoms with van der Waals surface area (Å²) in [6, 6.07) is 12.6. The molecule has 2 fully saturated rings. The summed E-state index contributed by atoms with van der Waals surface area (Å²) in [5.41, 5.74) is 4.82. The standard InChI is InChI=1S/C28H37N5O3/c1-21(34)31-12-9-24(10-13-31)27-7-6-22(16-29-27)17-32-14-15-33(28(32)36)20-26(35)19-30-11-8-23-4-2-3-5-25(23)18-30/h2-7,16,24,26,35H,8-15,17-20H2,1H3. The Morgan fingerprint density at radius 1 is 1.00 bits per heavy atom. The number of carbonyl (C=O) groups is 2. The van der Waals surface area contributed by atoms with E-state index in [4.69, 9.17) is 0 Å². The number of likely N-dealkylation sites (tertiary alicyclic amines) is 1. The maximum atomic E-state index is 13.0. The van der Waals surface area contributed by atoms with Crippen LogP contribution < -0.4 is 0 Å². The molecule has 3 aliphatic heterocycles. The minimum absolute atomic E-state index is 0.0151. The Morgan fingerprint density at radius 3 is 2.47 bits per heavy atom. The minimum Gasteiger partial charge on any atom is -0.390 e. The summed E-state index contributed by atoms with van der Waals surface area (Å²) < 4.78 is 0. The lowest BCUT2D eigenvalue weighted by atomic mass is 9.93. The van der Waals surface area contributed by atoms with Crippen molar-refractivity contribution in [3.8, 4) is 0 Å². The van der Waals surface area contributed by atoms with Crippen LogP contribution in [0.3, 0.4) is 0 Å².